The highest BCUT2D eigenvalue weighted by molar-refractivity contribution is 7.43. The third-order valence-electron chi connectivity index (χ3n) is 1.80. The van der Waals surface area contributed by atoms with Gasteiger partial charge in [-0.25, -0.2) is 0 Å². The van der Waals surface area contributed by atoms with Gasteiger partial charge in [0, 0.05) is 0 Å². The van der Waals surface area contributed by atoms with E-state index < -0.39 is 0 Å². The van der Waals surface area contributed by atoms with E-state index in [0.29, 0.717) is 0 Å². The van der Waals surface area contributed by atoms with E-state index in [-0.39, 0.29) is 0 Å². The van der Waals surface area contributed by atoms with Crippen LogP contribution in [0.3, 0.4) is 0 Å². The number of fused-ring (bicyclic) bond motifs is 1. The molecule has 0 aromatic rings. The Labute approximate surface area is 38.8 Å². The Balaban J connectivity index is 2.26. The van der Waals surface area contributed by atoms with Crippen molar-refractivity contribution in [3.63, 3.8) is 0 Å². The van der Waals surface area contributed by atoms with Crippen molar-refractivity contribution in [2.24, 2.45) is 0 Å². The van der Waals surface area contributed by atoms with E-state index in [1.165, 1.54) is 12.5 Å². The molecule has 0 aromatic carbocycles. The van der Waals surface area contributed by atoms with Crippen LogP contribution < -0.4 is 0 Å². The van der Waals surface area contributed by atoms with E-state index in [0.717, 1.165) is 13.2 Å². The fourth-order valence-corrected chi connectivity index (χ4v) is 1.21. The summed E-state index contributed by atoms with van der Waals surface area (Å²) in [7, 11) is 0. The summed E-state index contributed by atoms with van der Waals surface area (Å²) in [6, 6.07) is 0. The van der Waals surface area contributed by atoms with Crippen molar-refractivity contribution >= 4 is 13.2 Å². The first kappa shape index (κ1) is 2.95. The van der Waals surface area contributed by atoms with Gasteiger partial charge >= 0.3 is 0 Å². The number of hydrogen-bond acceptors (Lipinski definition) is 0. The van der Waals surface area contributed by atoms with Crippen LogP contribution >= 0.6 is 0 Å². The van der Waals surface area contributed by atoms with Gasteiger partial charge in [0.1, 0.15) is 13.2 Å². The molecule has 2 heterocycles. The molecule has 0 bridgehead atoms. The van der Waals surface area contributed by atoms with Crippen molar-refractivity contribution in [1.82, 2.24) is 0 Å². The summed E-state index contributed by atoms with van der Waals surface area (Å²) in [5, 5.41) is 0. The molecule has 0 nitrogen and oxygen atoms in total. The Morgan fingerprint density at radius 1 is 1.50 bits per heavy atom. The summed E-state index contributed by atoms with van der Waals surface area (Å²) in [4.78, 5) is 0. The lowest BCUT2D eigenvalue weighted by Gasteiger charge is -1.70. The first-order chi connectivity index (χ1) is 2.97. The molecule has 0 amide bonds. The van der Waals surface area contributed by atoms with Crippen LogP contribution in [0.5, 0.6) is 0 Å². The van der Waals surface area contributed by atoms with Crippen molar-refractivity contribution in [2.45, 2.75) is 12.5 Å². The molecule has 28 valence electrons. The topological polar surface area (TPSA) is 0 Å². The van der Waals surface area contributed by atoms with Crippen LogP contribution in [0.15, 0.2) is 12.1 Å². The minimum atomic E-state index is 1.03. The first-order valence-electron chi connectivity index (χ1n) is 2.63. The van der Waals surface area contributed by atoms with E-state index in [4.69, 9.17) is 0 Å². The van der Waals surface area contributed by atoms with Gasteiger partial charge in [-0.05, 0) is 0 Å². The average molecular weight is 75.7 g/mol. The zero-order valence-corrected chi connectivity index (χ0v) is 3.72. The zero-order valence-electron chi connectivity index (χ0n) is 3.72. The fraction of sp³-hybridized carbons (Fsp3) is 0.500. The zero-order chi connectivity index (χ0) is 3.98. The summed E-state index contributed by atoms with van der Waals surface area (Å²) in [6.45, 7) is 2.13. The SMILES string of the molecule is C1=CB2CB2C1. The van der Waals surface area contributed by atoms with Gasteiger partial charge in [-0.2, -0.15) is 0 Å². The molecule has 0 unspecified atom stereocenters. The molecule has 1 saturated heterocycles. The van der Waals surface area contributed by atoms with E-state index >= 15 is 0 Å². The quantitative estimate of drug-likeness (QED) is 0.372. The van der Waals surface area contributed by atoms with E-state index in [9.17, 15) is 0 Å². The largest absolute Gasteiger partial charge is 0.128 e. The van der Waals surface area contributed by atoms with Gasteiger partial charge in [-0.15, -0.1) is 18.3 Å². The summed E-state index contributed by atoms with van der Waals surface area (Å²) in [5.41, 5.74) is 0. The molecule has 0 N–H and O–H groups in total. The van der Waals surface area contributed by atoms with Crippen molar-refractivity contribution < 1.29 is 0 Å². The monoisotopic (exact) mass is 76.1 g/mol. The fourth-order valence-electron chi connectivity index (χ4n) is 1.21. The smallest absolute Gasteiger partial charge is 0.127 e. The molecule has 6 heavy (non-hydrogen) atoms. The molecule has 0 radical (unpaired) electrons. The molecule has 1 fully saturated rings. The minimum Gasteiger partial charge on any atom is -0.128 e. The standard InChI is InChI=1S/C4H6B2/c1-2-5-4-6(5)3-1/h1-2H,3-4H2. The van der Waals surface area contributed by atoms with Crippen LogP contribution in [0.2, 0.25) is 12.5 Å². The van der Waals surface area contributed by atoms with Gasteiger partial charge in [-0.1, -0.05) is 6.32 Å². The first-order valence-corrected chi connectivity index (χ1v) is 2.63. The summed E-state index contributed by atoms with van der Waals surface area (Å²) in [5.74, 6) is 2.35. The lowest BCUT2D eigenvalue weighted by atomic mass is 9.42. The second kappa shape index (κ2) is 0.749. The maximum absolute atomic E-state index is 2.35. The van der Waals surface area contributed by atoms with Gasteiger partial charge in [0.05, 0.1) is 0 Å². The highest BCUT2D eigenvalue weighted by Crippen LogP contribution is 2.29. The van der Waals surface area contributed by atoms with Crippen molar-refractivity contribution in [3.8, 4) is 0 Å². The molecule has 2 rings (SSSR count). The Morgan fingerprint density at radius 3 is 2.67 bits per heavy atom. The molecule has 0 atom stereocenters. The predicted octanol–water partition coefficient (Wildman–Crippen LogP) is 0.716. The van der Waals surface area contributed by atoms with Gasteiger partial charge in [-0.3, -0.25) is 0 Å². The van der Waals surface area contributed by atoms with Crippen LogP contribution in [0.4, 0.5) is 0 Å². The maximum atomic E-state index is 2.35. The molecule has 0 spiro atoms. The van der Waals surface area contributed by atoms with Crippen LogP contribution in [0, 0.1) is 0 Å². The predicted molar refractivity (Wildman–Crippen MR) is 30.3 cm³/mol. The number of rotatable bonds is 0. The summed E-state index contributed by atoms with van der Waals surface area (Å²) in [6.07, 6.45) is 5.18. The average Bonchev–Trinajstić information content (AvgIpc) is 2.17. The molecule has 0 saturated carbocycles. The Hall–Kier alpha value is -0.130. The van der Waals surface area contributed by atoms with E-state index in [1.807, 2.05) is 0 Å². The molecular formula is C4H6B2. The van der Waals surface area contributed by atoms with Gasteiger partial charge in [0.15, 0.2) is 0 Å². The molecule has 0 aromatic heterocycles. The molecule has 2 aliphatic rings. The van der Waals surface area contributed by atoms with Crippen LogP contribution in [-0.4, -0.2) is 13.2 Å². The Morgan fingerprint density at radius 2 is 2.50 bits per heavy atom. The Kier molecular flexibility index (Phi) is 0.368. The lowest BCUT2D eigenvalue weighted by molar-refractivity contribution is 1.69. The van der Waals surface area contributed by atoms with Crippen molar-refractivity contribution in [1.29, 1.82) is 0 Å². The second-order valence-electron chi connectivity index (χ2n) is 2.32. The van der Waals surface area contributed by atoms with Gasteiger partial charge in [0.25, 0.3) is 0 Å². The van der Waals surface area contributed by atoms with Crippen LogP contribution in [-0.2, 0) is 0 Å². The number of hydrogen-bond donors (Lipinski definition) is 0. The highest BCUT2D eigenvalue weighted by atomic mass is 13.9. The van der Waals surface area contributed by atoms with E-state index in [1.54, 1.807) is 0 Å². The molecule has 2 aliphatic heterocycles. The number of allylic oxidation sites excluding steroid dienone is 1. The minimum absolute atomic E-state index is 1.03. The van der Waals surface area contributed by atoms with E-state index in [2.05, 4.69) is 12.1 Å². The van der Waals surface area contributed by atoms with Crippen LogP contribution in [0.25, 0.3) is 0 Å². The van der Waals surface area contributed by atoms with Gasteiger partial charge in [0.2, 0.25) is 0 Å². The summed E-state index contributed by atoms with van der Waals surface area (Å²) < 4.78 is 0. The normalized spacial score (nSPS) is 25.3. The lowest BCUT2D eigenvalue weighted by Crippen LogP contribution is -1.87. The molecule has 0 aliphatic carbocycles. The summed E-state index contributed by atoms with van der Waals surface area (Å²) >= 11 is 0. The van der Waals surface area contributed by atoms with Crippen molar-refractivity contribution in [2.75, 3.05) is 0 Å². The van der Waals surface area contributed by atoms with Gasteiger partial charge < -0.3 is 0 Å². The van der Waals surface area contributed by atoms with Crippen LogP contribution in [0.1, 0.15) is 0 Å². The Bertz CT molecular complexity index is 97.7. The highest BCUT2D eigenvalue weighted by Gasteiger charge is 2.43. The third-order valence-corrected chi connectivity index (χ3v) is 1.80. The maximum Gasteiger partial charge on any atom is 0.127 e. The second-order valence-corrected chi connectivity index (χ2v) is 2.32. The molecule has 2 heteroatoms. The van der Waals surface area contributed by atoms with Crippen molar-refractivity contribution in [3.05, 3.63) is 12.1 Å². The molecular weight excluding hydrogens is 69.7 g/mol. The third kappa shape index (κ3) is 0.226.